The minimum absolute atomic E-state index is 0.263. The maximum absolute atomic E-state index is 11.1. The normalized spacial score (nSPS) is 12.3. The van der Waals surface area contributed by atoms with Gasteiger partial charge in [0.1, 0.15) is 0 Å². The van der Waals surface area contributed by atoms with Gasteiger partial charge in [0.2, 0.25) is 10.0 Å². The van der Waals surface area contributed by atoms with E-state index < -0.39 is 10.0 Å². The third-order valence-electron chi connectivity index (χ3n) is 1.56. The standard InChI is InChI=1S/C8H19NO2S/c1-4-9-12(10,11)7-5-6-8(2)3/h8-9H,4-7H2,1-3H3. The Labute approximate surface area is 75.6 Å². The zero-order chi connectivity index (χ0) is 9.61. The lowest BCUT2D eigenvalue weighted by atomic mass is 10.1. The van der Waals surface area contributed by atoms with E-state index in [2.05, 4.69) is 18.6 Å². The van der Waals surface area contributed by atoms with Gasteiger partial charge in [0, 0.05) is 6.54 Å². The van der Waals surface area contributed by atoms with E-state index in [9.17, 15) is 8.42 Å². The average Bonchev–Trinajstić information content (AvgIpc) is 1.85. The highest BCUT2D eigenvalue weighted by Crippen LogP contribution is 2.04. The van der Waals surface area contributed by atoms with E-state index in [0.29, 0.717) is 12.5 Å². The second-order valence-electron chi connectivity index (χ2n) is 3.35. The highest BCUT2D eigenvalue weighted by molar-refractivity contribution is 7.89. The van der Waals surface area contributed by atoms with Crippen molar-refractivity contribution < 1.29 is 8.42 Å². The van der Waals surface area contributed by atoms with Gasteiger partial charge in [0.15, 0.2) is 0 Å². The monoisotopic (exact) mass is 193 g/mol. The van der Waals surface area contributed by atoms with Crippen molar-refractivity contribution in [2.75, 3.05) is 12.3 Å². The van der Waals surface area contributed by atoms with E-state index >= 15 is 0 Å². The summed E-state index contributed by atoms with van der Waals surface area (Å²) in [5, 5.41) is 0. The first-order valence-corrected chi connectivity index (χ1v) is 6.10. The van der Waals surface area contributed by atoms with Crippen LogP contribution in [-0.2, 0) is 10.0 Å². The van der Waals surface area contributed by atoms with E-state index in [1.807, 2.05) is 0 Å². The SMILES string of the molecule is CCNS(=O)(=O)CCCC(C)C. The van der Waals surface area contributed by atoms with Crippen molar-refractivity contribution in [1.82, 2.24) is 4.72 Å². The second kappa shape index (κ2) is 5.54. The average molecular weight is 193 g/mol. The fourth-order valence-corrected chi connectivity index (χ4v) is 2.10. The molecule has 0 aliphatic heterocycles. The van der Waals surface area contributed by atoms with Crippen LogP contribution in [0.5, 0.6) is 0 Å². The van der Waals surface area contributed by atoms with E-state index in [0.717, 1.165) is 12.8 Å². The molecular weight excluding hydrogens is 174 g/mol. The summed E-state index contributed by atoms with van der Waals surface area (Å²) >= 11 is 0. The maximum atomic E-state index is 11.1. The molecule has 0 saturated carbocycles. The topological polar surface area (TPSA) is 46.2 Å². The van der Waals surface area contributed by atoms with Crippen LogP contribution in [0.15, 0.2) is 0 Å². The quantitative estimate of drug-likeness (QED) is 0.692. The molecule has 0 unspecified atom stereocenters. The molecule has 4 heteroatoms. The predicted molar refractivity (Wildman–Crippen MR) is 51.5 cm³/mol. The summed E-state index contributed by atoms with van der Waals surface area (Å²) in [6, 6.07) is 0. The van der Waals surface area contributed by atoms with Crippen molar-refractivity contribution in [2.45, 2.75) is 33.6 Å². The van der Waals surface area contributed by atoms with Gasteiger partial charge in [-0.3, -0.25) is 0 Å². The van der Waals surface area contributed by atoms with Crippen molar-refractivity contribution in [2.24, 2.45) is 5.92 Å². The molecule has 0 spiro atoms. The number of nitrogens with one attached hydrogen (secondary N) is 1. The lowest BCUT2D eigenvalue weighted by Gasteiger charge is -2.05. The molecule has 0 aliphatic carbocycles. The lowest BCUT2D eigenvalue weighted by molar-refractivity contribution is 0.554. The third-order valence-corrected chi connectivity index (χ3v) is 3.11. The molecule has 0 radical (unpaired) electrons. The number of hydrogen-bond donors (Lipinski definition) is 1. The van der Waals surface area contributed by atoms with Gasteiger partial charge in [-0.05, 0) is 18.8 Å². The highest BCUT2D eigenvalue weighted by atomic mass is 32.2. The predicted octanol–water partition coefficient (Wildman–Crippen LogP) is 1.36. The van der Waals surface area contributed by atoms with E-state index in [1.54, 1.807) is 6.92 Å². The summed E-state index contributed by atoms with van der Waals surface area (Å²) in [5.41, 5.74) is 0. The Morgan fingerprint density at radius 3 is 2.33 bits per heavy atom. The fraction of sp³-hybridized carbons (Fsp3) is 1.00. The van der Waals surface area contributed by atoms with Crippen molar-refractivity contribution in [3.63, 3.8) is 0 Å². The zero-order valence-electron chi connectivity index (χ0n) is 8.13. The van der Waals surface area contributed by atoms with Crippen LogP contribution in [0.2, 0.25) is 0 Å². The molecule has 3 nitrogen and oxygen atoms in total. The molecule has 0 amide bonds. The highest BCUT2D eigenvalue weighted by Gasteiger charge is 2.07. The minimum atomic E-state index is -2.98. The molecule has 0 atom stereocenters. The molecule has 12 heavy (non-hydrogen) atoms. The molecule has 0 bridgehead atoms. The molecule has 0 fully saturated rings. The van der Waals surface area contributed by atoms with Gasteiger partial charge in [-0.2, -0.15) is 0 Å². The van der Waals surface area contributed by atoms with Crippen LogP contribution in [0.4, 0.5) is 0 Å². The molecular formula is C8H19NO2S. The van der Waals surface area contributed by atoms with Crippen molar-refractivity contribution >= 4 is 10.0 Å². The Hall–Kier alpha value is -0.0900. The molecule has 0 aliphatic rings. The first-order chi connectivity index (χ1) is 5.48. The van der Waals surface area contributed by atoms with Gasteiger partial charge < -0.3 is 0 Å². The van der Waals surface area contributed by atoms with Gasteiger partial charge in [-0.1, -0.05) is 20.8 Å². The Morgan fingerprint density at radius 1 is 1.33 bits per heavy atom. The molecule has 0 aromatic heterocycles. The summed E-state index contributed by atoms with van der Waals surface area (Å²) in [6.07, 6.45) is 1.73. The Kier molecular flexibility index (Phi) is 5.50. The number of sulfonamides is 1. The molecule has 1 N–H and O–H groups in total. The van der Waals surface area contributed by atoms with Gasteiger partial charge in [0.25, 0.3) is 0 Å². The summed E-state index contributed by atoms with van der Waals surface area (Å²) in [6.45, 7) is 6.48. The van der Waals surface area contributed by atoms with Crippen LogP contribution in [-0.4, -0.2) is 20.7 Å². The van der Waals surface area contributed by atoms with Crippen LogP contribution < -0.4 is 4.72 Å². The van der Waals surface area contributed by atoms with Crippen LogP contribution in [0.25, 0.3) is 0 Å². The van der Waals surface area contributed by atoms with Crippen LogP contribution >= 0.6 is 0 Å². The Balaban J connectivity index is 3.62. The lowest BCUT2D eigenvalue weighted by Crippen LogP contribution is -2.26. The van der Waals surface area contributed by atoms with Crippen molar-refractivity contribution in [1.29, 1.82) is 0 Å². The summed E-state index contributed by atoms with van der Waals surface area (Å²) in [5.74, 6) is 0.848. The smallest absolute Gasteiger partial charge is 0.211 e. The fourth-order valence-electron chi connectivity index (χ4n) is 0.974. The van der Waals surface area contributed by atoms with Crippen LogP contribution in [0.1, 0.15) is 33.6 Å². The summed E-state index contributed by atoms with van der Waals surface area (Å²) in [4.78, 5) is 0. The minimum Gasteiger partial charge on any atom is -0.216 e. The molecule has 0 rings (SSSR count). The van der Waals surface area contributed by atoms with Gasteiger partial charge >= 0.3 is 0 Å². The molecule has 0 heterocycles. The number of rotatable bonds is 6. The van der Waals surface area contributed by atoms with Crippen molar-refractivity contribution in [3.8, 4) is 0 Å². The second-order valence-corrected chi connectivity index (χ2v) is 5.28. The zero-order valence-corrected chi connectivity index (χ0v) is 8.95. The summed E-state index contributed by atoms with van der Waals surface area (Å²) < 4.78 is 24.7. The third kappa shape index (κ3) is 6.61. The molecule has 0 aromatic carbocycles. The number of hydrogen-bond acceptors (Lipinski definition) is 2. The summed E-state index contributed by atoms with van der Waals surface area (Å²) in [7, 11) is -2.98. The first kappa shape index (κ1) is 11.9. The Morgan fingerprint density at radius 2 is 1.92 bits per heavy atom. The van der Waals surface area contributed by atoms with E-state index in [1.165, 1.54) is 0 Å². The van der Waals surface area contributed by atoms with E-state index in [-0.39, 0.29) is 5.75 Å². The maximum Gasteiger partial charge on any atom is 0.211 e. The van der Waals surface area contributed by atoms with E-state index in [4.69, 9.17) is 0 Å². The van der Waals surface area contributed by atoms with Gasteiger partial charge in [-0.15, -0.1) is 0 Å². The first-order valence-electron chi connectivity index (χ1n) is 4.45. The molecule has 74 valence electrons. The Bertz CT molecular complexity index is 197. The largest absolute Gasteiger partial charge is 0.216 e. The van der Waals surface area contributed by atoms with Gasteiger partial charge in [-0.25, -0.2) is 13.1 Å². The van der Waals surface area contributed by atoms with Crippen LogP contribution in [0.3, 0.4) is 0 Å². The van der Waals surface area contributed by atoms with Crippen molar-refractivity contribution in [3.05, 3.63) is 0 Å². The van der Waals surface area contributed by atoms with Gasteiger partial charge in [0.05, 0.1) is 5.75 Å². The van der Waals surface area contributed by atoms with Crippen LogP contribution in [0, 0.1) is 5.92 Å². The molecule has 0 aromatic rings. The molecule has 0 saturated heterocycles.